The van der Waals surface area contributed by atoms with Crippen molar-refractivity contribution in [3.05, 3.63) is 11.3 Å². The van der Waals surface area contributed by atoms with E-state index in [9.17, 15) is 0 Å². The molecule has 0 unspecified atom stereocenters. The molecular weight excluding hydrogens is 258 g/mol. The molecule has 0 radical (unpaired) electrons. The summed E-state index contributed by atoms with van der Waals surface area (Å²) in [5.74, 6) is 0.870. The first kappa shape index (κ1) is 14.7. The molecule has 0 spiro atoms. The Morgan fingerprint density at radius 1 is 1.42 bits per heavy atom. The Morgan fingerprint density at radius 3 is 2.68 bits per heavy atom. The van der Waals surface area contributed by atoms with Crippen molar-refractivity contribution in [1.82, 2.24) is 15.1 Å². The molecule has 1 fully saturated rings. The van der Waals surface area contributed by atoms with E-state index in [1.807, 2.05) is 30.4 Å². The fourth-order valence-electron chi connectivity index (χ4n) is 3.03. The number of nitrogens with one attached hydrogen (secondary N) is 1. The molecule has 0 amide bonds. The van der Waals surface area contributed by atoms with Crippen molar-refractivity contribution in [2.24, 2.45) is 7.05 Å². The van der Waals surface area contributed by atoms with E-state index >= 15 is 0 Å². The van der Waals surface area contributed by atoms with Gasteiger partial charge >= 0.3 is 0 Å². The van der Waals surface area contributed by atoms with Crippen LogP contribution >= 0.6 is 11.8 Å². The Labute approximate surface area is 120 Å². The van der Waals surface area contributed by atoms with E-state index in [2.05, 4.69) is 16.7 Å². The van der Waals surface area contributed by atoms with Crippen LogP contribution in [0.4, 0.5) is 0 Å². The minimum absolute atomic E-state index is 0.448. The first-order chi connectivity index (χ1) is 9.12. The molecular formula is C14H25N3OS. The third kappa shape index (κ3) is 3.08. The lowest BCUT2D eigenvalue weighted by Gasteiger charge is -2.27. The van der Waals surface area contributed by atoms with Gasteiger partial charge < -0.3 is 10.1 Å². The van der Waals surface area contributed by atoms with Crippen molar-refractivity contribution in [3.8, 4) is 5.88 Å². The summed E-state index contributed by atoms with van der Waals surface area (Å²) >= 11 is 2.02. The van der Waals surface area contributed by atoms with E-state index in [0.717, 1.165) is 24.7 Å². The maximum Gasteiger partial charge on any atom is 0.216 e. The molecule has 1 aliphatic rings. The SMILES string of the molecule is COc1c(CNCC2(SC)CCCC2)c(C)nn1C. The molecule has 0 bridgehead atoms. The van der Waals surface area contributed by atoms with E-state index in [0.29, 0.717) is 4.75 Å². The molecule has 4 nitrogen and oxygen atoms in total. The average molecular weight is 283 g/mol. The zero-order valence-electron chi connectivity index (χ0n) is 12.5. The van der Waals surface area contributed by atoms with Crippen LogP contribution in [-0.4, -0.2) is 34.4 Å². The summed E-state index contributed by atoms with van der Waals surface area (Å²) in [6.45, 7) is 3.95. The van der Waals surface area contributed by atoms with Crippen LogP contribution in [0.25, 0.3) is 0 Å². The van der Waals surface area contributed by atoms with Crippen LogP contribution in [0.15, 0.2) is 0 Å². The number of rotatable bonds is 6. The van der Waals surface area contributed by atoms with Gasteiger partial charge in [0.25, 0.3) is 0 Å². The first-order valence-electron chi connectivity index (χ1n) is 6.94. The summed E-state index contributed by atoms with van der Waals surface area (Å²) in [5.41, 5.74) is 2.23. The van der Waals surface area contributed by atoms with E-state index in [4.69, 9.17) is 4.74 Å². The van der Waals surface area contributed by atoms with Gasteiger partial charge in [-0.2, -0.15) is 16.9 Å². The smallest absolute Gasteiger partial charge is 0.216 e. The molecule has 0 aliphatic heterocycles. The first-order valence-corrected chi connectivity index (χ1v) is 8.17. The van der Waals surface area contributed by atoms with Gasteiger partial charge in [0.1, 0.15) is 0 Å². The van der Waals surface area contributed by atoms with Crippen LogP contribution in [0.1, 0.15) is 36.9 Å². The zero-order valence-corrected chi connectivity index (χ0v) is 13.3. The highest BCUT2D eigenvalue weighted by Crippen LogP contribution is 2.39. The number of ether oxygens (including phenoxy) is 1. The van der Waals surface area contributed by atoms with Gasteiger partial charge in [0, 0.05) is 24.9 Å². The standard InChI is InChI=1S/C14H25N3OS/c1-11-12(13(18-3)17(2)16-11)9-15-10-14(19-4)7-5-6-8-14/h15H,5-10H2,1-4H3. The molecule has 1 saturated carbocycles. The van der Waals surface area contributed by atoms with Crippen molar-refractivity contribution in [1.29, 1.82) is 0 Å². The molecule has 108 valence electrons. The third-order valence-corrected chi connectivity index (χ3v) is 5.60. The molecule has 1 aliphatic carbocycles. The highest BCUT2D eigenvalue weighted by molar-refractivity contribution is 8.00. The second kappa shape index (κ2) is 6.18. The van der Waals surface area contributed by atoms with E-state index in [-0.39, 0.29) is 0 Å². The zero-order chi connectivity index (χ0) is 13.9. The summed E-state index contributed by atoms with van der Waals surface area (Å²) < 4.78 is 7.69. The van der Waals surface area contributed by atoms with E-state index < -0.39 is 0 Å². The predicted octanol–water partition coefficient (Wildman–Crippen LogP) is 2.50. The van der Waals surface area contributed by atoms with Crippen molar-refractivity contribution in [2.75, 3.05) is 19.9 Å². The van der Waals surface area contributed by atoms with Crippen LogP contribution in [-0.2, 0) is 13.6 Å². The number of aryl methyl sites for hydroxylation is 2. The largest absolute Gasteiger partial charge is 0.481 e. The quantitative estimate of drug-likeness (QED) is 0.870. The second-order valence-corrected chi connectivity index (χ2v) is 6.67. The molecule has 1 N–H and O–H groups in total. The number of aromatic nitrogens is 2. The summed E-state index contributed by atoms with van der Waals surface area (Å²) in [5, 5.41) is 8.03. The number of thioether (sulfide) groups is 1. The molecule has 1 heterocycles. The predicted molar refractivity (Wildman–Crippen MR) is 80.9 cm³/mol. The summed E-state index contributed by atoms with van der Waals surface area (Å²) in [6.07, 6.45) is 7.66. The Bertz CT molecular complexity index is 425. The molecule has 0 aromatic carbocycles. The molecule has 19 heavy (non-hydrogen) atoms. The molecule has 1 aromatic rings. The van der Waals surface area contributed by atoms with E-state index in [1.165, 1.54) is 31.2 Å². The second-order valence-electron chi connectivity index (χ2n) is 5.39. The number of nitrogens with zero attached hydrogens (tertiary/aromatic N) is 2. The van der Waals surface area contributed by atoms with Gasteiger partial charge in [-0.25, -0.2) is 4.68 Å². The van der Waals surface area contributed by atoms with Gasteiger partial charge in [-0.1, -0.05) is 12.8 Å². The van der Waals surface area contributed by atoms with Crippen molar-refractivity contribution < 1.29 is 4.74 Å². The van der Waals surface area contributed by atoms with Crippen molar-refractivity contribution >= 4 is 11.8 Å². The summed E-state index contributed by atoms with van der Waals surface area (Å²) in [7, 11) is 3.63. The number of hydrogen-bond donors (Lipinski definition) is 1. The number of methoxy groups -OCH3 is 1. The lowest BCUT2D eigenvalue weighted by atomic mass is 10.1. The van der Waals surface area contributed by atoms with Gasteiger partial charge in [-0.3, -0.25) is 0 Å². The summed E-state index contributed by atoms with van der Waals surface area (Å²) in [6, 6.07) is 0. The van der Waals surface area contributed by atoms with Crippen LogP contribution < -0.4 is 10.1 Å². The number of hydrogen-bond acceptors (Lipinski definition) is 4. The fraction of sp³-hybridized carbons (Fsp3) is 0.786. The maximum atomic E-state index is 5.43. The highest BCUT2D eigenvalue weighted by Gasteiger charge is 2.32. The minimum atomic E-state index is 0.448. The Kier molecular flexibility index (Phi) is 4.79. The van der Waals surface area contributed by atoms with Crippen molar-refractivity contribution in [2.45, 2.75) is 43.9 Å². The fourth-order valence-corrected chi connectivity index (χ4v) is 3.97. The average Bonchev–Trinajstić information content (AvgIpc) is 2.96. The maximum absolute atomic E-state index is 5.43. The topological polar surface area (TPSA) is 39.1 Å². The van der Waals surface area contributed by atoms with Crippen LogP contribution in [0.3, 0.4) is 0 Å². The highest BCUT2D eigenvalue weighted by atomic mass is 32.2. The lowest BCUT2D eigenvalue weighted by molar-refractivity contribution is 0.367. The monoisotopic (exact) mass is 283 g/mol. The molecule has 5 heteroatoms. The van der Waals surface area contributed by atoms with Crippen molar-refractivity contribution in [3.63, 3.8) is 0 Å². The van der Waals surface area contributed by atoms with Gasteiger partial charge in [0.15, 0.2) is 0 Å². The minimum Gasteiger partial charge on any atom is -0.481 e. The summed E-state index contributed by atoms with van der Waals surface area (Å²) in [4.78, 5) is 0. The molecule has 0 saturated heterocycles. The molecule has 2 rings (SSSR count). The Balaban J connectivity index is 1.95. The van der Waals surface area contributed by atoms with E-state index in [1.54, 1.807) is 7.11 Å². The Morgan fingerprint density at radius 2 is 2.11 bits per heavy atom. The normalized spacial score (nSPS) is 17.9. The van der Waals surface area contributed by atoms with Gasteiger partial charge in [-0.05, 0) is 26.0 Å². The third-order valence-electron chi connectivity index (χ3n) is 4.18. The van der Waals surface area contributed by atoms with Gasteiger partial charge in [-0.15, -0.1) is 0 Å². The molecule has 0 atom stereocenters. The van der Waals surface area contributed by atoms with Crippen LogP contribution in [0.2, 0.25) is 0 Å². The Hall–Kier alpha value is -0.680. The van der Waals surface area contributed by atoms with Gasteiger partial charge in [0.2, 0.25) is 5.88 Å². The van der Waals surface area contributed by atoms with Gasteiger partial charge in [0.05, 0.1) is 18.4 Å². The van der Waals surface area contributed by atoms with Crippen LogP contribution in [0, 0.1) is 6.92 Å². The van der Waals surface area contributed by atoms with Crippen LogP contribution in [0.5, 0.6) is 5.88 Å². The molecule has 1 aromatic heterocycles. The lowest BCUT2D eigenvalue weighted by Crippen LogP contribution is -2.34.